The molecule has 0 amide bonds. The number of benzene rings is 2. The van der Waals surface area contributed by atoms with Crippen LogP contribution in [0.2, 0.25) is 5.02 Å². The number of aliphatic hydroxyl groups is 1. The zero-order chi connectivity index (χ0) is 15.1. The SMILES string of the molecule is O[C@@H]1c2cccn2-c2cc(Cl)ccc2S[C@@H]1c1ccccc1. The lowest BCUT2D eigenvalue weighted by molar-refractivity contribution is 0.169. The molecular formula is C18H14ClNOS. The molecule has 0 aliphatic carbocycles. The molecule has 110 valence electrons. The first-order valence-electron chi connectivity index (χ1n) is 7.11. The molecule has 3 aromatic rings. The van der Waals surface area contributed by atoms with Crippen molar-refractivity contribution >= 4 is 23.4 Å². The number of aliphatic hydroxyl groups excluding tert-OH is 1. The van der Waals surface area contributed by atoms with Gasteiger partial charge in [-0.15, -0.1) is 11.8 Å². The topological polar surface area (TPSA) is 25.2 Å². The first kappa shape index (κ1) is 13.9. The first-order valence-corrected chi connectivity index (χ1v) is 8.36. The molecule has 2 atom stereocenters. The Kier molecular flexibility index (Phi) is 3.49. The van der Waals surface area contributed by atoms with Gasteiger partial charge in [-0.2, -0.15) is 0 Å². The summed E-state index contributed by atoms with van der Waals surface area (Å²) in [5, 5.41) is 11.6. The Balaban J connectivity index is 1.91. The van der Waals surface area contributed by atoms with Gasteiger partial charge >= 0.3 is 0 Å². The van der Waals surface area contributed by atoms with Crippen molar-refractivity contribution in [2.24, 2.45) is 0 Å². The van der Waals surface area contributed by atoms with E-state index in [1.807, 2.05) is 59.3 Å². The largest absolute Gasteiger partial charge is 0.385 e. The van der Waals surface area contributed by atoms with Gasteiger partial charge in [-0.3, -0.25) is 0 Å². The van der Waals surface area contributed by atoms with Crippen molar-refractivity contribution < 1.29 is 5.11 Å². The molecular weight excluding hydrogens is 314 g/mol. The molecule has 4 rings (SSSR count). The summed E-state index contributed by atoms with van der Waals surface area (Å²) in [7, 11) is 0. The standard InChI is InChI=1S/C18H14ClNOS/c19-13-8-9-16-15(11-13)20-10-4-7-14(20)17(21)18(22-16)12-5-2-1-3-6-12/h1-11,17-18,21H/t17-,18-/m1/s1. The molecule has 2 nitrogen and oxygen atoms in total. The van der Waals surface area contributed by atoms with Crippen molar-refractivity contribution in [1.82, 2.24) is 4.57 Å². The monoisotopic (exact) mass is 327 g/mol. The number of rotatable bonds is 1. The van der Waals surface area contributed by atoms with Crippen LogP contribution in [0.3, 0.4) is 0 Å². The van der Waals surface area contributed by atoms with E-state index in [-0.39, 0.29) is 5.25 Å². The van der Waals surface area contributed by atoms with Crippen LogP contribution in [0, 0.1) is 0 Å². The maximum absolute atomic E-state index is 10.9. The fourth-order valence-corrected chi connectivity index (χ4v) is 4.31. The Bertz CT molecular complexity index is 815. The summed E-state index contributed by atoms with van der Waals surface area (Å²) in [6, 6.07) is 19.9. The Morgan fingerprint density at radius 3 is 2.64 bits per heavy atom. The van der Waals surface area contributed by atoms with E-state index in [1.54, 1.807) is 11.8 Å². The lowest BCUT2D eigenvalue weighted by Crippen LogP contribution is -2.09. The van der Waals surface area contributed by atoms with Crippen LogP contribution >= 0.6 is 23.4 Å². The van der Waals surface area contributed by atoms with Gasteiger partial charge in [-0.05, 0) is 35.9 Å². The normalized spacial score (nSPS) is 20.1. The predicted molar refractivity (Wildman–Crippen MR) is 90.8 cm³/mol. The molecule has 0 fully saturated rings. The Morgan fingerprint density at radius 2 is 1.82 bits per heavy atom. The number of aromatic nitrogens is 1. The van der Waals surface area contributed by atoms with Crippen LogP contribution in [0.25, 0.3) is 5.69 Å². The Hall–Kier alpha value is -1.68. The third-order valence-corrected chi connectivity index (χ3v) is 5.55. The molecule has 4 heteroatoms. The van der Waals surface area contributed by atoms with E-state index in [2.05, 4.69) is 12.1 Å². The van der Waals surface area contributed by atoms with Gasteiger partial charge in [0.1, 0.15) is 6.10 Å². The second-order valence-electron chi connectivity index (χ2n) is 5.31. The van der Waals surface area contributed by atoms with E-state index in [0.29, 0.717) is 5.02 Å². The number of nitrogens with zero attached hydrogens (tertiary/aromatic N) is 1. The zero-order valence-corrected chi connectivity index (χ0v) is 13.3. The third-order valence-electron chi connectivity index (χ3n) is 3.93. The molecule has 1 aromatic heterocycles. The average Bonchev–Trinajstić information content (AvgIpc) is 2.99. The van der Waals surface area contributed by atoms with E-state index in [9.17, 15) is 5.11 Å². The molecule has 0 unspecified atom stereocenters. The predicted octanol–water partition coefficient (Wildman–Crippen LogP) is 5.01. The minimum Gasteiger partial charge on any atom is -0.385 e. The third kappa shape index (κ3) is 2.26. The van der Waals surface area contributed by atoms with Crippen molar-refractivity contribution in [3.8, 4) is 5.69 Å². The molecule has 1 aliphatic rings. The smallest absolute Gasteiger partial charge is 0.111 e. The summed E-state index contributed by atoms with van der Waals surface area (Å²) in [4.78, 5) is 1.12. The van der Waals surface area contributed by atoms with Crippen LogP contribution < -0.4 is 0 Å². The minimum atomic E-state index is -0.575. The molecule has 22 heavy (non-hydrogen) atoms. The Morgan fingerprint density at radius 1 is 1.00 bits per heavy atom. The number of hydrogen-bond acceptors (Lipinski definition) is 2. The molecule has 0 saturated heterocycles. The molecule has 0 spiro atoms. The second-order valence-corrected chi connectivity index (χ2v) is 6.93. The quantitative estimate of drug-likeness (QED) is 0.679. The fourth-order valence-electron chi connectivity index (χ4n) is 2.88. The highest BCUT2D eigenvalue weighted by Crippen LogP contribution is 2.49. The van der Waals surface area contributed by atoms with Gasteiger partial charge in [0, 0.05) is 16.1 Å². The summed E-state index contributed by atoms with van der Waals surface area (Å²) < 4.78 is 2.03. The van der Waals surface area contributed by atoms with Gasteiger partial charge < -0.3 is 9.67 Å². The zero-order valence-electron chi connectivity index (χ0n) is 11.7. The summed E-state index contributed by atoms with van der Waals surface area (Å²) in [6.07, 6.45) is 1.40. The van der Waals surface area contributed by atoms with Crippen LogP contribution in [-0.4, -0.2) is 9.67 Å². The fraction of sp³-hybridized carbons (Fsp3) is 0.111. The lowest BCUT2D eigenvalue weighted by atomic mass is 10.0. The van der Waals surface area contributed by atoms with Crippen molar-refractivity contribution in [2.75, 3.05) is 0 Å². The maximum Gasteiger partial charge on any atom is 0.111 e. The van der Waals surface area contributed by atoms with Crippen molar-refractivity contribution in [3.05, 3.63) is 83.1 Å². The maximum atomic E-state index is 10.9. The van der Waals surface area contributed by atoms with E-state index < -0.39 is 6.10 Å². The molecule has 0 bridgehead atoms. The molecule has 0 saturated carbocycles. The molecule has 1 N–H and O–H groups in total. The van der Waals surface area contributed by atoms with Gasteiger partial charge in [0.25, 0.3) is 0 Å². The van der Waals surface area contributed by atoms with E-state index in [1.165, 1.54) is 0 Å². The van der Waals surface area contributed by atoms with Gasteiger partial charge in [-0.1, -0.05) is 41.9 Å². The van der Waals surface area contributed by atoms with Crippen LogP contribution in [0.4, 0.5) is 0 Å². The van der Waals surface area contributed by atoms with E-state index >= 15 is 0 Å². The molecule has 1 aliphatic heterocycles. The highest BCUT2D eigenvalue weighted by Gasteiger charge is 2.30. The number of hydrogen-bond donors (Lipinski definition) is 1. The average molecular weight is 328 g/mol. The summed E-state index contributed by atoms with van der Waals surface area (Å²) in [5.41, 5.74) is 3.04. The van der Waals surface area contributed by atoms with Crippen molar-refractivity contribution in [2.45, 2.75) is 16.2 Å². The summed E-state index contributed by atoms with van der Waals surface area (Å²) in [5.74, 6) is 0. The molecule has 0 radical (unpaired) electrons. The lowest BCUT2D eigenvalue weighted by Gasteiger charge is -2.20. The molecule has 2 heterocycles. The van der Waals surface area contributed by atoms with Crippen LogP contribution in [0.5, 0.6) is 0 Å². The van der Waals surface area contributed by atoms with Crippen LogP contribution in [-0.2, 0) is 0 Å². The summed E-state index contributed by atoms with van der Waals surface area (Å²) in [6.45, 7) is 0. The minimum absolute atomic E-state index is 0.0442. The van der Waals surface area contributed by atoms with Crippen molar-refractivity contribution in [1.29, 1.82) is 0 Å². The first-order chi connectivity index (χ1) is 10.7. The van der Waals surface area contributed by atoms with Crippen LogP contribution in [0.15, 0.2) is 71.8 Å². The number of halogens is 1. The number of fused-ring (bicyclic) bond motifs is 3. The van der Waals surface area contributed by atoms with Gasteiger partial charge in [0.2, 0.25) is 0 Å². The molecule has 2 aromatic carbocycles. The number of thioether (sulfide) groups is 1. The van der Waals surface area contributed by atoms with Crippen molar-refractivity contribution in [3.63, 3.8) is 0 Å². The highest BCUT2D eigenvalue weighted by molar-refractivity contribution is 7.99. The van der Waals surface area contributed by atoms with Gasteiger partial charge in [-0.25, -0.2) is 0 Å². The van der Waals surface area contributed by atoms with Gasteiger partial charge in [0.05, 0.1) is 16.6 Å². The van der Waals surface area contributed by atoms with E-state index in [0.717, 1.165) is 21.8 Å². The van der Waals surface area contributed by atoms with E-state index in [4.69, 9.17) is 11.6 Å². The Labute approximate surface area is 138 Å². The highest BCUT2D eigenvalue weighted by atomic mass is 35.5. The second kappa shape index (κ2) is 5.51. The van der Waals surface area contributed by atoms with Gasteiger partial charge in [0.15, 0.2) is 0 Å². The van der Waals surface area contributed by atoms with Crippen LogP contribution in [0.1, 0.15) is 22.6 Å². The summed E-state index contributed by atoms with van der Waals surface area (Å²) >= 11 is 7.85.